The third-order valence-electron chi connectivity index (χ3n) is 4.59. The molecule has 3 unspecified atom stereocenters. The first-order valence-corrected chi connectivity index (χ1v) is 9.55. The fourth-order valence-corrected chi connectivity index (χ4v) is 5.46. The minimum atomic E-state index is -3.20. The molecular weight excluding hydrogens is 316 g/mol. The molecule has 3 N–H and O–H groups in total. The van der Waals surface area contributed by atoms with E-state index in [1.807, 2.05) is 0 Å². The third-order valence-corrected chi connectivity index (χ3v) is 6.55. The summed E-state index contributed by atoms with van der Waals surface area (Å²) in [4.78, 5) is 15.8. The lowest BCUT2D eigenvalue weighted by molar-refractivity contribution is 0.0953. The van der Waals surface area contributed by atoms with E-state index in [1.165, 1.54) is 0 Å². The van der Waals surface area contributed by atoms with Gasteiger partial charge in [0, 0.05) is 37.0 Å². The van der Waals surface area contributed by atoms with Gasteiger partial charge in [0.15, 0.2) is 0 Å². The van der Waals surface area contributed by atoms with Crippen molar-refractivity contribution in [3.8, 4) is 0 Å². The lowest BCUT2D eigenvalue weighted by Crippen LogP contribution is -2.46. The molecule has 1 saturated heterocycles. The molecule has 3 rings (SSSR count). The van der Waals surface area contributed by atoms with E-state index in [2.05, 4.69) is 20.3 Å². The number of carbonyl (C=O) groups excluding carboxylic acids is 1. The van der Waals surface area contributed by atoms with Crippen LogP contribution in [0.15, 0.2) is 24.5 Å². The summed E-state index contributed by atoms with van der Waals surface area (Å²) in [5.74, 6) is -0.0265. The molecule has 126 valence electrons. The van der Waals surface area contributed by atoms with Gasteiger partial charge in [0.2, 0.25) is 10.0 Å². The van der Waals surface area contributed by atoms with Crippen molar-refractivity contribution < 1.29 is 13.2 Å². The fourth-order valence-electron chi connectivity index (χ4n) is 3.45. The van der Waals surface area contributed by atoms with E-state index < -0.39 is 10.0 Å². The van der Waals surface area contributed by atoms with Crippen molar-refractivity contribution in [2.24, 2.45) is 5.92 Å². The minimum Gasteiger partial charge on any atom is -0.351 e. The molecule has 1 aliphatic carbocycles. The Balaban J connectivity index is 1.47. The molecule has 7 nitrogen and oxygen atoms in total. The summed E-state index contributed by atoms with van der Waals surface area (Å²) in [7, 11) is -3.20. The average molecular weight is 338 g/mol. The van der Waals surface area contributed by atoms with Crippen molar-refractivity contribution in [1.29, 1.82) is 0 Å². The van der Waals surface area contributed by atoms with Gasteiger partial charge in [-0.05, 0) is 25.0 Å². The molecule has 2 aliphatic rings. The number of rotatable bonds is 5. The number of hydrogen-bond donors (Lipinski definition) is 3. The normalized spacial score (nSPS) is 29.0. The Kier molecular flexibility index (Phi) is 4.93. The molecule has 1 amide bonds. The maximum absolute atomic E-state index is 12.1. The van der Waals surface area contributed by atoms with Crippen LogP contribution < -0.4 is 15.4 Å². The van der Waals surface area contributed by atoms with Crippen molar-refractivity contribution in [2.45, 2.75) is 37.1 Å². The zero-order valence-electron chi connectivity index (χ0n) is 12.9. The Morgan fingerprint density at radius 2 is 1.96 bits per heavy atom. The topological polar surface area (TPSA) is 100 Å². The first-order chi connectivity index (χ1) is 11.1. The molecular formula is C15H22N4O3S. The van der Waals surface area contributed by atoms with Gasteiger partial charge in [-0.1, -0.05) is 12.8 Å². The van der Waals surface area contributed by atoms with Crippen molar-refractivity contribution in [3.63, 3.8) is 0 Å². The Morgan fingerprint density at radius 3 is 2.74 bits per heavy atom. The molecule has 1 aromatic rings. The summed E-state index contributed by atoms with van der Waals surface area (Å²) in [6, 6.07) is 3.31. The number of nitrogens with one attached hydrogen (secondary N) is 3. The van der Waals surface area contributed by atoms with Gasteiger partial charge in [-0.2, -0.15) is 4.72 Å². The molecule has 0 aromatic carbocycles. The van der Waals surface area contributed by atoms with E-state index in [0.717, 1.165) is 25.7 Å². The maximum atomic E-state index is 12.1. The number of amides is 1. The summed E-state index contributed by atoms with van der Waals surface area (Å²) in [6.45, 7) is 0.962. The first-order valence-electron chi connectivity index (χ1n) is 8.01. The Labute approximate surface area is 136 Å². The van der Waals surface area contributed by atoms with Crippen LogP contribution in [0.1, 0.15) is 36.0 Å². The van der Waals surface area contributed by atoms with E-state index in [0.29, 0.717) is 18.7 Å². The average Bonchev–Trinajstić information content (AvgIpc) is 2.83. The third kappa shape index (κ3) is 3.70. The molecule has 2 heterocycles. The number of sulfonamides is 1. The summed E-state index contributed by atoms with van der Waals surface area (Å²) in [5, 5.41) is 5.77. The zero-order valence-corrected chi connectivity index (χ0v) is 13.7. The van der Waals surface area contributed by atoms with Gasteiger partial charge in [0.1, 0.15) is 0 Å². The summed E-state index contributed by atoms with van der Waals surface area (Å²) < 4.78 is 26.9. The summed E-state index contributed by atoms with van der Waals surface area (Å²) in [5.41, 5.74) is 0.564. The van der Waals surface area contributed by atoms with Crippen LogP contribution in [0.5, 0.6) is 0 Å². The van der Waals surface area contributed by atoms with Crippen LogP contribution >= 0.6 is 0 Å². The Hall–Kier alpha value is -1.51. The maximum Gasteiger partial charge on any atom is 0.251 e. The van der Waals surface area contributed by atoms with Crippen LogP contribution in [-0.4, -0.2) is 43.8 Å². The van der Waals surface area contributed by atoms with Gasteiger partial charge < -0.3 is 5.32 Å². The number of hydrogen-bond acceptors (Lipinski definition) is 5. The SMILES string of the molecule is O=C(NCCNC1NS(=O)(=O)C2CCCCC12)c1ccncc1. The van der Waals surface area contributed by atoms with E-state index in [9.17, 15) is 13.2 Å². The number of nitrogens with zero attached hydrogens (tertiary/aromatic N) is 1. The second-order valence-electron chi connectivity index (χ2n) is 6.07. The molecule has 1 aliphatic heterocycles. The lowest BCUT2D eigenvalue weighted by Gasteiger charge is -2.26. The van der Waals surface area contributed by atoms with Gasteiger partial charge in [-0.3, -0.25) is 15.1 Å². The van der Waals surface area contributed by atoms with Crippen molar-refractivity contribution >= 4 is 15.9 Å². The monoisotopic (exact) mass is 338 g/mol. The number of aromatic nitrogens is 1. The van der Waals surface area contributed by atoms with E-state index in [1.54, 1.807) is 24.5 Å². The highest BCUT2D eigenvalue weighted by atomic mass is 32.2. The molecule has 2 fully saturated rings. The van der Waals surface area contributed by atoms with Crippen molar-refractivity contribution in [1.82, 2.24) is 20.3 Å². The van der Waals surface area contributed by atoms with Gasteiger partial charge in [0.05, 0.1) is 11.4 Å². The van der Waals surface area contributed by atoms with Crippen LogP contribution in [-0.2, 0) is 10.0 Å². The molecule has 23 heavy (non-hydrogen) atoms. The molecule has 1 saturated carbocycles. The lowest BCUT2D eigenvalue weighted by atomic mass is 9.87. The molecule has 0 radical (unpaired) electrons. The highest BCUT2D eigenvalue weighted by Gasteiger charge is 2.47. The van der Waals surface area contributed by atoms with E-state index >= 15 is 0 Å². The van der Waals surface area contributed by atoms with Gasteiger partial charge >= 0.3 is 0 Å². The predicted octanol–water partition coefficient (Wildman–Crippen LogP) is 0.219. The van der Waals surface area contributed by atoms with Crippen LogP contribution in [0.25, 0.3) is 0 Å². The number of carbonyl (C=O) groups is 1. The molecule has 1 aromatic heterocycles. The molecule has 0 spiro atoms. The standard InChI is InChI=1S/C15H22N4O3S/c20-15(11-5-7-16-8-6-11)18-10-9-17-14-12-3-1-2-4-13(12)23(21,22)19-14/h5-8,12-14,17,19H,1-4,9-10H2,(H,18,20). The van der Waals surface area contributed by atoms with Crippen molar-refractivity contribution in [2.75, 3.05) is 13.1 Å². The number of fused-ring (bicyclic) bond motifs is 1. The molecule has 8 heteroatoms. The quantitative estimate of drug-likeness (QED) is 0.667. The first kappa shape index (κ1) is 16.4. The van der Waals surface area contributed by atoms with E-state index in [-0.39, 0.29) is 23.2 Å². The Morgan fingerprint density at radius 1 is 1.22 bits per heavy atom. The highest BCUT2D eigenvalue weighted by molar-refractivity contribution is 7.90. The van der Waals surface area contributed by atoms with Gasteiger partial charge in [-0.25, -0.2) is 8.42 Å². The highest BCUT2D eigenvalue weighted by Crippen LogP contribution is 2.35. The minimum absolute atomic E-state index is 0.129. The second kappa shape index (κ2) is 6.94. The second-order valence-corrected chi connectivity index (χ2v) is 8.00. The van der Waals surface area contributed by atoms with Crippen molar-refractivity contribution in [3.05, 3.63) is 30.1 Å². The summed E-state index contributed by atoms with van der Waals surface area (Å²) in [6.07, 6.45) is 6.66. The number of pyridine rings is 1. The van der Waals surface area contributed by atoms with Crippen LogP contribution in [0.3, 0.4) is 0 Å². The van der Waals surface area contributed by atoms with Crippen LogP contribution in [0.2, 0.25) is 0 Å². The van der Waals surface area contributed by atoms with E-state index in [4.69, 9.17) is 0 Å². The van der Waals surface area contributed by atoms with Gasteiger partial charge in [0.25, 0.3) is 5.91 Å². The largest absolute Gasteiger partial charge is 0.351 e. The van der Waals surface area contributed by atoms with Crippen LogP contribution in [0, 0.1) is 5.92 Å². The predicted molar refractivity (Wildman–Crippen MR) is 86.2 cm³/mol. The summed E-state index contributed by atoms with van der Waals surface area (Å²) >= 11 is 0. The Bertz CT molecular complexity index is 650. The molecule has 0 bridgehead atoms. The fraction of sp³-hybridized carbons (Fsp3) is 0.600. The zero-order chi connectivity index (χ0) is 16.3. The van der Waals surface area contributed by atoms with Crippen LogP contribution in [0.4, 0.5) is 0 Å². The van der Waals surface area contributed by atoms with Gasteiger partial charge in [-0.15, -0.1) is 0 Å². The molecule has 3 atom stereocenters. The smallest absolute Gasteiger partial charge is 0.251 e.